The van der Waals surface area contributed by atoms with Crippen LogP contribution in [0.2, 0.25) is 0 Å². The predicted octanol–water partition coefficient (Wildman–Crippen LogP) is 5.74. The molecule has 0 bridgehead atoms. The Morgan fingerprint density at radius 3 is 2.06 bits per heavy atom. The van der Waals surface area contributed by atoms with E-state index in [1.165, 1.54) is 0 Å². The van der Waals surface area contributed by atoms with Gasteiger partial charge in [-0.05, 0) is 67.9 Å². The second-order valence-electron chi connectivity index (χ2n) is 11.8. The van der Waals surface area contributed by atoms with Gasteiger partial charge in [0.1, 0.15) is 19.0 Å². The molecule has 8 nitrogen and oxygen atoms in total. The zero-order valence-corrected chi connectivity index (χ0v) is 27.3. The van der Waals surface area contributed by atoms with E-state index in [0.717, 1.165) is 22.4 Å². The molecule has 3 aromatic carbocycles. The first-order valence-electron chi connectivity index (χ1n) is 16.2. The van der Waals surface area contributed by atoms with Gasteiger partial charge < -0.3 is 25.2 Å². The molecule has 47 heavy (non-hydrogen) atoms. The van der Waals surface area contributed by atoms with Crippen molar-refractivity contribution in [1.29, 1.82) is 0 Å². The van der Waals surface area contributed by atoms with Gasteiger partial charge >= 0.3 is 5.97 Å². The minimum atomic E-state index is -0.663. The first-order chi connectivity index (χ1) is 22.8. The number of ether oxygens (including phenoxy) is 2. The standard InChI is InChI=1S/C39H48N2O6/c1-4-6-18-34(23-30-14-9-7-10-15-30)39(45)47-27-29(3)40-38(44)33(13-5-2)25-37(43)41-35(26-42)24-31-19-21-36(22-20-31)46-28-32-16-11-8-12-17-32/h4-5,7-12,14-17,19-22,29,33-35,42H,1-2,6,13,18,23-28H2,3H3,(H,40,44)(H,41,43). The lowest BCUT2D eigenvalue weighted by Crippen LogP contribution is -2.44. The summed E-state index contributed by atoms with van der Waals surface area (Å²) in [5.41, 5.74) is 3.05. The van der Waals surface area contributed by atoms with Crippen LogP contribution in [0.1, 0.15) is 49.3 Å². The third-order valence-corrected chi connectivity index (χ3v) is 7.73. The monoisotopic (exact) mass is 640 g/mol. The van der Waals surface area contributed by atoms with Gasteiger partial charge in [0.05, 0.1) is 30.5 Å². The summed E-state index contributed by atoms with van der Waals surface area (Å²) in [4.78, 5) is 39.0. The Hall–Kier alpha value is -4.69. The van der Waals surface area contributed by atoms with Crippen LogP contribution in [-0.4, -0.2) is 48.2 Å². The lowest BCUT2D eigenvalue weighted by atomic mass is 9.95. The molecule has 0 aromatic heterocycles. The minimum Gasteiger partial charge on any atom is -0.489 e. The van der Waals surface area contributed by atoms with Crippen LogP contribution in [0.15, 0.2) is 110 Å². The number of carbonyl (C=O) groups excluding carboxylic acids is 3. The van der Waals surface area contributed by atoms with Crippen LogP contribution in [0, 0.1) is 11.8 Å². The first-order valence-corrected chi connectivity index (χ1v) is 16.2. The maximum atomic E-state index is 13.1. The van der Waals surface area contributed by atoms with Crippen molar-refractivity contribution in [3.63, 3.8) is 0 Å². The molecule has 250 valence electrons. The van der Waals surface area contributed by atoms with Gasteiger partial charge in [-0.1, -0.05) is 84.9 Å². The lowest BCUT2D eigenvalue weighted by molar-refractivity contribution is -0.150. The quantitative estimate of drug-likeness (QED) is 0.101. The normalized spacial score (nSPS) is 13.3. The second kappa shape index (κ2) is 20.4. The van der Waals surface area contributed by atoms with Gasteiger partial charge in [-0.15, -0.1) is 13.2 Å². The summed E-state index contributed by atoms with van der Waals surface area (Å²) in [6, 6.07) is 26.2. The average Bonchev–Trinajstić information content (AvgIpc) is 3.09. The number of nitrogens with one attached hydrogen (secondary N) is 2. The fraction of sp³-hybridized carbons (Fsp3) is 0.359. The SMILES string of the molecule is C=CCCC(Cc1ccccc1)C(=O)OCC(C)NC(=O)C(CC=C)CC(=O)NC(CO)Cc1ccc(OCc2ccccc2)cc1. The summed E-state index contributed by atoms with van der Waals surface area (Å²) in [6.45, 7) is 9.48. The Kier molecular flexibility index (Phi) is 16.0. The van der Waals surface area contributed by atoms with E-state index >= 15 is 0 Å². The highest BCUT2D eigenvalue weighted by Gasteiger charge is 2.25. The summed E-state index contributed by atoms with van der Waals surface area (Å²) >= 11 is 0. The minimum absolute atomic E-state index is 0.0135. The number of aliphatic hydroxyl groups is 1. The molecule has 0 saturated carbocycles. The van der Waals surface area contributed by atoms with Crippen LogP contribution in [0.4, 0.5) is 0 Å². The number of aliphatic hydroxyl groups excluding tert-OH is 1. The summed E-state index contributed by atoms with van der Waals surface area (Å²) < 4.78 is 11.4. The lowest BCUT2D eigenvalue weighted by Gasteiger charge is -2.22. The number of esters is 1. The molecule has 0 aliphatic rings. The Morgan fingerprint density at radius 1 is 0.809 bits per heavy atom. The van der Waals surface area contributed by atoms with E-state index in [1.807, 2.05) is 84.9 Å². The van der Waals surface area contributed by atoms with Crippen molar-refractivity contribution in [3.8, 4) is 5.75 Å². The topological polar surface area (TPSA) is 114 Å². The third-order valence-electron chi connectivity index (χ3n) is 7.73. The van der Waals surface area contributed by atoms with E-state index < -0.39 is 18.0 Å². The Morgan fingerprint density at radius 2 is 1.45 bits per heavy atom. The number of benzene rings is 3. The maximum absolute atomic E-state index is 13.1. The van der Waals surface area contributed by atoms with Crippen molar-refractivity contribution in [1.82, 2.24) is 10.6 Å². The summed E-state index contributed by atoms with van der Waals surface area (Å²) in [5, 5.41) is 15.7. The third kappa shape index (κ3) is 13.7. The van der Waals surface area contributed by atoms with E-state index in [1.54, 1.807) is 19.1 Å². The Bertz CT molecular complexity index is 1390. The molecule has 2 amide bonds. The van der Waals surface area contributed by atoms with Crippen LogP contribution < -0.4 is 15.4 Å². The number of carbonyl (C=O) groups is 3. The smallest absolute Gasteiger partial charge is 0.309 e. The number of allylic oxidation sites excluding steroid dienone is 2. The number of hydrogen-bond donors (Lipinski definition) is 3. The van der Waals surface area contributed by atoms with Crippen molar-refractivity contribution in [3.05, 3.63) is 127 Å². The fourth-order valence-corrected chi connectivity index (χ4v) is 5.15. The van der Waals surface area contributed by atoms with Crippen LogP contribution in [0.3, 0.4) is 0 Å². The van der Waals surface area contributed by atoms with Gasteiger partial charge in [0.2, 0.25) is 11.8 Å². The maximum Gasteiger partial charge on any atom is 0.309 e. The molecule has 0 heterocycles. The fourth-order valence-electron chi connectivity index (χ4n) is 5.15. The predicted molar refractivity (Wildman–Crippen MR) is 184 cm³/mol. The highest BCUT2D eigenvalue weighted by molar-refractivity contribution is 5.86. The van der Waals surface area contributed by atoms with Crippen LogP contribution >= 0.6 is 0 Å². The van der Waals surface area contributed by atoms with Gasteiger partial charge in [0, 0.05) is 6.42 Å². The molecule has 0 aliphatic heterocycles. The zero-order valence-electron chi connectivity index (χ0n) is 27.3. The average molecular weight is 641 g/mol. The molecule has 4 unspecified atom stereocenters. The molecule has 0 radical (unpaired) electrons. The molecule has 3 rings (SSSR count). The van der Waals surface area contributed by atoms with E-state index in [9.17, 15) is 19.5 Å². The summed E-state index contributed by atoms with van der Waals surface area (Å²) in [7, 11) is 0. The molecule has 4 atom stereocenters. The van der Waals surface area contributed by atoms with E-state index in [-0.39, 0.29) is 43.3 Å². The number of rotatable bonds is 21. The van der Waals surface area contributed by atoms with Crippen molar-refractivity contribution in [2.45, 2.75) is 64.1 Å². The largest absolute Gasteiger partial charge is 0.489 e. The molecule has 3 N–H and O–H groups in total. The van der Waals surface area contributed by atoms with Crippen molar-refractivity contribution >= 4 is 17.8 Å². The Labute approximate surface area is 278 Å². The number of hydrogen-bond acceptors (Lipinski definition) is 6. The van der Waals surface area contributed by atoms with Crippen molar-refractivity contribution in [2.75, 3.05) is 13.2 Å². The highest BCUT2D eigenvalue weighted by Crippen LogP contribution is 2.18. The molecule has 0 spiro atoms. The van der Waals surface area contributed by atoms with Gasteiger partial charge in [-0.3, -0.25) is 14.4 Å². The van der Waals surface area contributed by atoms with E-state index in [0.29, 0.717) is 38.7 Å². The summed E-state index contributed by atoms with van der Waals surface area (Å²) in [5.74, 6) is -1.25. The van der Waals surface area contributed by atoms with Crippen LogP contribution in [-0.2, 0) is 38.6 Å². The van der Waals surface area contributed by atoms with E-state index in [4.69, 9.17) is 9.47 Å². The molecular weight excluding hydrogens is 592 g/mol. The van der Waals surface area contributed by atoms with Gasteiger partial charge in [0.15, 0.2) is 0 Å². The molecule has 8 heteroatoms. The molecule has 0 aliphatic carbocycles. The van der Waals surface area contributed by atoms with Crippen molar-refractivity contribution < 1.29 is 29.0 Å². The Balaban J connectivity index is 1.46. The van der Waals surface area contributed by atoms with Crippen LogP contribution in [0.25, 0.3) is 0 Å². The van der Waals surface area contributed by atoms with Gasteiger partial charge in [0.25, 0.3) is 0 Å². The van der Waals surface area contributed by atoms with E-state index in [2.05, 4.69) is 23.8 Å². The molecule has 0 saturated heterocycles. The van der Waals surface area contributed by atoms with Crippen LogP contribution in [0.5, 0.6) is 5.75 Å². The van der Waals surface area contributed by atoms with Crippen molar-refractivity contribution in [2.24, 2.45) is 11.8 Å². The molecular formula is C39H48N2O6. The highest BCUT2D eigenvalue weighted by atomic mass is 16.5. The molecule has 3 aromatic rings. The van der Waals surface area contributed by atoms with Gasteiger partial charge in [-0.25, -0.2) is 0 Å². The first kappa shape index (κ1) is 36.8. The van der Waals surface area contributed by atoms with Gasteiger partial charge in [-0.2, -0.15) is 0 Å². The molecule has 0 fully saturated rings. The zero-order chi connectivity index (χ0) is 33.9. The number of amides is 2. The summed E-state index contributed by atoms with van der Waals surface area (Å²) in [6.07, 6.45) is 5.90. The second-order valence-corrected chi connectivity index (χ2v) is 11.8.